The van der Waals surface area contributed by atoms with Gasteiger partial charge in [0.15, 0.2) is 0 Å². The first-order valence-corrected chi connectivity index (χ1v) is 14.2. The van der Waals surface area contributed by atoms with Crippen LogP contribution in [0, 0.1) is 12.7 Å². The summed E-state index contributed by atoms with van der Waals surface area (Å²) in [5.41, 5.74) is 5.03. The van der Waals surface area contributed by atoms with Crippen molar-refractivity contribution in [3.05, 3.63) is 119 Å². The van der Waals surface area contributed by atoms with Crippen LogP contribution in [0.2, 0.25) is 0 Å². The molecular formula is C34H36FN3O2. The third-order valence-corrected chi connectivity index (χ3v) is 7.84. The summed E-state index contributed by atoms with van der Waals surface area (Å²) in [5.74, 6) is -0.889. The molecule has 1 aliphatic rings. The molecule has 1 heterocycles. The van der Waals surface area contributed by atoms with Gasteiger partial charge in [0.1, 0.15) is 17.6 Å². The van der Waals surface area contributed by atoms with Crippen molar-refractivity contribution in [3.63, 3.8) is 0 Å². The number of hydrogen-bond donors (Lipinski definition) is 2. The van der Waals surface area contributed by atoms with Crippen molar-refractivity contribution < 1.29 is 14.0 Å². The number of aromatic amines is 1. The quantitative estimate of drug-likeness (QED) is 0.241. The van der Waals surface area contributed by atoms with Crippen LogP contribution in [0.4, 0.5) is 4.39 Å². The van der Waals surface area contributed by atoms with E-state index in [1.165, 1.54) is 18.6 Å². The monoisotopic (exact) mass is 537 g/mol. The van der Waals surface area contributed by atoms with E-state index < -0.39 is 6.04 Å². The minimum Gasteiger partial charge on any atom is -0.351 e. The van der Waals surface area contributed by atoms with E-state index in [4.69, 9.17) is 0 Å². The summed E-state index contributed by atoms with van der Waals surface area (Å²) in [6.45, 7) is 2.37. The van der Waals surface area contributed by atoms with Gasteiger partial charge in [-0.05, 0) is 72.7 Å². The van der Waals surface area contributed by atoms with E-state index in [-0.39, 0.29) is 23.7 Å². The van der Waals surface area contributed by atoms with Crippen molar-refractivity contribution in [1.82, 2.24) is 15.2 Å². The van der Waals surface area contributed by atoms with Gasteiger partial charge in [0.05, 0.1) is 0 Å². The summed E-state index contributed by atoms with van der Waals surface area (Å²) in [4.78, 5) is 33.1. The highest BCUT2D eigenvalue weighted by atomic mass is 19.1. The van der Waals surface area contributed by atoms with Crippen LogP contribution in [0.1, 0.15) is 65.3 Å². The van der Waals surface area contributed by atoms with E-state index in [1.54, 1.807) is 23.1 Å². The lowest BCUT2D eigenvalue weighted by molar-refractivity contribution is -0.126. The lowest BCUT2D eigenvalue weighted by Gasteiger charge is -2.33. The Hall–Kier alpha value is -4.19. The molecule has 1 aliphatic carbocycles. The van der Waals surface area contributed by atoms with E-state index in [9.17, 15) is 14.0 Å². The Morgan fingerprint density at radius 3 is 2.33 bits per heavy atom. The number of benzene rings is 3. The van der Waals surface area contributed by atoms with Gasteiger partial charge in [-0.2, -0.15) is 0 Å². The van der Waals surface area contributed by atoms with Crippen LogP contribution in [0.3, 0.4) is 0 Å². The van der Waals surface area contributed by atoms with Gasteiger partial charge in [0, 0.05) is 18.3 Å². The van der Waals surface area contributed by atoms with Gasteiger partial charge in [-0.3, -0.25) is 9.59 Å². The molecule has 1 atom stereocenters. The first kappa shape index (κ1) is 27.4. The average Bonchev–Trinajstić information content (AvgIpc) is 3.48. The molecule has 0 unspecified atom stereocenters. The first-order valence-electron chi connectivity index (χ1n) is 14.2. The number of halogens is 1. The van der Waals surface area contributed by atoms with Crippen molar-refractivity contribution in [2.24, 2.45) is 0 Å². The minimum absolute atomic E-state index is 0.0766. The summed E-state index contributed by atoms with van der Waals surface area (Å²) in [6.07, 6.45) is 5.76. The molecule has 3 aromatic carbocycles. The Morgan fingerprint density at radius 1 is 0.900 bits per heavy atom. The number of hydrogen-bond acceptors (Lipinski definition) is 2. The molecule has 1 aromatic heterocycles. The Balaban J connectivity index is 1.51. The topological polar surface area (TPSA) is 65.2 Å². The largest absolute Gasteiger partial charge is 0.351 e. The van der Waals surface area contributed by atoms with Crippen molar-refractivity contribution in [2.75, 3.05) is 6.54 Å². The Morgan fingerprint density at radius 2 is 1.60 bits per heavy atom. The SMILES string of the molecule is Cc1ccccc1CCN(C(=O)c1ccc(-c2ccccc2)[nH]1)[C@H](C(=O)NC1CCCCC1)c1ccc(F)cc1. The highest BCUT2D eigenvalue weighted by Crippen LogP contribution is 2.28. The summed E-state index contributed by atoms with van der Waals surface area (Å²) >= 11 is 0. The van der Waals surface area contributed by atoms with Crippen LogP contribution >= 0.6 is 0 Å². The van der Waals surface area contributed by atoms with Crippen LogP contribution in [-0.2, 0) is 11.2 Å². The molecular weight excluding hydrogens is 501 g/mol. The van der Waals surface area contributed by atoms with Crippen LogP contribution in [0.25, 0.3) is 11.3 Å². The number of aromatic nitrogens is 1. The standard InChI is InChI=1S/C34H36FN3O2/c1-24-10-8-9-11-25(24)22-23-38(34(40)31-21-20-30(37-31)26-12-4-2-5-13-26)32(27-16-18-28(35)19-17-27)33(39)36-29-14-6-3-7-15-29/h2,4-5,8-13,16-21,29,32,37H,3,6-7,14-15,22-23H2,1H3,(H,36,39)/t32-/m0/s1. The fourth-order valence-electron chi connectivity index (χ4n) is 5.59. The van der Waals surface area contributed by atoms with Crippen molar-refractivity contribution in [3.8, 4) is 11.3 Å². The van der Waals surface area contributed by atoms with E-state index in [1.807, 2.05) is 61.5 Å². The number of aryl methyl sites for hydroxylation is 1. The van der Waals surface area contributed by atoms with E-state index in [0.717, 1.165) is 48.1 Å². The normalized spacial score (nSPS) is 14.4. The molecule has 0 saturated heterocycles. The second-order valence-corrected chi connectivity index (χ2v) is 10.6. The van der Waals surface area contributed by atoms with Gasteiger partial charge >= 0.3 is 0 Å². The predicted molar refractivity (Wildman–Crippen MR) is 156 cm³/mol. The molecule has 5 rings (SSSR count). The maximum Gasteiger partial charge on any atom is 0.271 e. The number of nitrogens with one attached hydrogen (secondary N) is 2. The first-order chi connectivity index (χ1) is 19.5. The molecule has 5 nitrogen and oxygen atoms in total. The summed E-state index contributed by atoms with van der Waals surface area (Å²) in [5, 5.41) is 3.22. The van der Waals surface area contributed by atoms with Crippen LogP contribution < -0.4 is 5.32 Å². The lowest BCUT2D eigenvalue weighted by Crippen LogP contribution is -2.47. The van der Waals surface area contributed by atoms with Gasteiger partial charge in [0.25, 0.3) is 5.91 Å². The number of H-pyrrole nitrogens is 1. The van der Waals surface area contributed by atoms with Crippen molar-refractivity contribution in [1.29, 1.82) is 0 Å². The zero-order valence-corrected chi connectivity index (χ0v) is 22.9. The van der Waals surface area contributed by atoms with Crippen molar-refractivity contribution in [2.45, 2.75) is 57.5 Å². The molecule has 0 bridgehead atoms. The molecule has 2 N–H and O–H groups in total. The summed E-state index contributed by atoms with van der Waals surface area (Å²) < 4.78 is 13.9. The minimum atomic E-state index is -0.900. The van der Waals surface area contributed by atoms with Gasteiger partial charge < -0.3 is 15.2 Å². The van der Waals surface area contributed by atoms with Gasteiger partial charge in [-0.25, -0.2) is 4.39 Å². The smallest absolute Gasteiger partial charge is 0.271 e. The Bertz CT molecular complexity index is 1430. The van der Waals surface area contributed by atoms with Gasteiger partial charge in [-0.15, -0.1) is 0 Å². The highest BCUT2D eigenvalue weighted by molar-refractivity contribution is 5.97. The fraction of sp³-hybridized carbons (Fsp3) is 0.294. The maximum atomic E-state index is 14.2. The maximum absolute atomic E-state index is 14.2. The van der Waals surface area contributed by atoms with Crippen LogP contribution in [0.5, 0.6) is 0 Å². The number of carbonyl (C=O) groups excluding carboxylic acids is 2. The molecule has 1 saturated carbocycles. The Kier molecular flexibility index (Phi) is 8.74. The molecule has 0 radical (unpaired) electrons. The third kappa shape index (κ3) is 6.50. The van der Waals surface area contributed by atoms with E-state index >= 15 is 0 Å². The zero-order valence-electron chi connectivity index (χ0n) is 22.9. The number of amides is 2. The Labute approximate surface area is 235 Å². The van der Waals surface area contributed by atoms with Crippen LogP contribution in [-0.4, -0.2) is 34.3 Å². The lowest BCUT2D eigenvalue weighted by atomic mass is 9.94. The summed E-state index contributed by atoms with van der Waals surface area (Å²) in [6, 6.07) is 26.6. The molecule has 2 amide bonds. The number of rotatable bonds is 9. The molecule has 0 spiro atoms. The molecule has 6 heteroatoms. The molecule has 0 aliphatic heterocycles. The molecule has 206 valence electrons. The molecule has 4 aromatic rings. The predicted octanol–water partition coefficient (Wildman–Crippen LogP) is 7.00. The van der Waals surface area contributed by atoms with Crippen LogP contribution in [0.15, 0.2) is 91.0 Å². The molecule has 40 heavy (non-hydrogen) atoms. The highest BCUT2D eigenvalue weighted by Gasteiger charge is 2.34. The third-order valence-electron chi connectivity index (χ3n) is 7.84. The van der Waals surface area contributed by atoms with E-state index in [2.05, 4.69) is 16.4 Å². The van der Waals surface area contributed by atoms with Crippen molar-refractivity contribution >= 4 is 11.8 Å². The van der Waals surface area contributed by atoms with Gasteiger partial charge in [0.2, 0.25) is 5.91 Å². The van der Waals surface area contributed by atoms with E-state index in [0.29, 0.717) is 24.2 Å². The molecule has 1 fully saturated rings. The fourth-order valence-corrected chi connectivity index (χ4v) is 5.59. The van der Waals surface area contributed by atoms with Gasteiger partial charge in [-0.1, -0.05) is 86.0 Å². The second kappa shape index (κ2) is 12.8. The summed E-state index contributed by atoms with van der Waals surface area (Å²) in [7, 11) is 0. The number of nitrogens with zero attached hydrogens (tertiary/aromatic N) is 1. The average molecular weight is 538 g/mol. The second-order valence-electron chi connectivity index (χ2n) is 10.6. The number of carbonyl (C=O) groups is 2. The zero-order chi connectivity index (χ0) is 27.9.